The van der Waals surface area contributed by atoms with Gasteiger partial charge in [-0.25, -0.2) is 4.99 Å². The Labute approximate surface area is 163 Å². The molecule has 1 amide bonds. The number of hydrogen-bond donors (Lipinski definition) is 0. The molecule has 2 aromatic carbocycles. The number of amidine groups is 1. The van der Waals surface area contributed by atoms with Crippen LogP contribution in [0.3, 0.4) is 0 Å². The van der Waals surface area contributed by atoms with Crippen molar-refractivity contribution in [3.8, 4) is 18.1 Å². The first-order valence-electron chi connectivity index (χ1n) is 8.63. The molecule has 0 atom stereocenters. The quantitative estimate of drug-likeness (QED) is 0.570. The molecule has 0 N–H and O–H groups in total. The summed E-state index contributed by atoms with van der Waals surface area (Å²) in [6.45, 7) is 2.30. The number of carbonyl (C=O) groups is 1. The number of nitrogens with zero attached hydrogens (tertiary/aromatic N) is 2. The molecule has 4 nitrogen and oxygen atoms in total. The van der Waals surface area contributed by atoms with Gasteiger partial charge in [-0.3, -0.25) is 9.69 Å². The van der Waals surface area contributed by atoms with E-state index in [2.05, 4.69) is 30.0 Å². The first-order chi connectivity index (χ1) is 13.1. The summed E-state index contributed by atoms with van der Waals surface area (Å²) in [4.78, 5) is 19.4. The van der Waals surface area contributed by atoms with Crippen molar-refractivity contribution in [2.24, 2.45) is 4.99 Å². The molecule has 0 radical (unpaired) electrons. The van der Waals surface area contributed by atoms with Crippen LogP contribution in [0, 0.1) is 12.3 Å². The third-order valence-corrected chi connectivity index (χ3v) is 5.15. The number of para-hydroxylation sites is 1. The molecule has 0 spiro atoms. The van der Waals surface area contributed by atoms with Crippen molar-refractivity contribution < 1.29 is 9.53 Å². The SMILES string of the molecule is C#CCOc1ccccc1/C=C1/SC(=Nc2ccc(CC)cc2)N(C)C1=O. The molecule has 0 aromatic heterocycles. The number of ether oxygens (including phenoxy) is 1. The van der Waals surface area contributed by atoms with Crippen molar-refractivity contribution in [1.29, 1.82) is 0 Å². The zero-order valence-electron chi connectivity index (χ0n) is 15.3. The lowest BCUT2D eigenvalue weighted by Gasteiger charge is -2.07. The van der Waals surface area contributed by atoms with Gasteiger partial charge in [-0.15, -0.1) is 6.42 Å². The Balaban J connectivity index is 1.86. The summed E-state index contributed by atoms with van der Waals surface area (Å²) in [6, 6.07) is 15.5. The number of aryl methyl sites for hydroxylation is 1. The molecule has 1 aliphatic rings. The standard InChI is InChI=1S/C22H20N2O2S/c1-4-14-26-19-9-7-6-8-17(19)15-20-21(25)24(3)22(27-20)23-18-12-10-16(5-2)11-13-18/h1,6-13,15H,5,14H2,2-3H3/b20-15+,23-22?. The molecule has 27 heavy (non-hydrogen) atoms. The monoisotopic (exact) mass is 376 g/mol. The van der Waals surface area contributed by atoms with Gasteiger partial charge in [0, 0.05) is 12.6 Å². The first kappa shape index (κ1) is 18.8. The average Bonchev–Trinajstić information content (AvgIpc) is 2.96. The molecule has 1 saturated heterocycles. The van der Waals surface area contributed by atoms with Crippen molar-refractivity contribution in [3.63, 3.8) is 0 Å². The van der Waals surface area contributed by atoms with E-state index in [1.807, 2.05) is 42.5 Å². The molecule has 0 bridgehead atoms. The first-order valence-corrected chi connectivity index (χ1v) is 9.44. The molecular formula is C22H20N2O2S. The predicted molar refractivity (Wildman–Crippen MR) is 112 cm³/mol. The highest BCUT2D eigenvalue weighted by atomic mass is 32.2. The maximum absolute atomic E-state index is 12.6. The highest BCUT2D eigenvalue weighted by Gasteiger charge is 2.30. The lowest BCUT2D eigenvalue weighted by atomic mass is 10.2. The number of benzene rings is 2. The van der Waals surface area contributed by atoms with Crippen molar-refractivity contribution >= 4 is 34.6 Å². The summed E-state index contributed by atoms with van der Waals surface area (Å²) in [6.07, 6.45) is 8.07. The summed E-state index contributed by atoms with van der Waals surface area (Å²) in [7, 11) is 1.73. The van der Waals surface area contributed by atoms with E-state index in [-0.39, 0.29) is 12.5 Å². The minimum absolute atomic E-state index is 0.0873. The molecule has 0 unspecified atom stereocenters. The fraction of sp³-hybridized carbons (Fsp3) is 0.182. The Morgan fingerprint density at radius 3 is 2.67 bits per heavy atom. The predicted octanol–water partition coefficient (Wildman–Crippen LogP) is 4.49. The average molecular weight is 376 g/mol. The smallest absolute Gasteiger partial charge is 0.266 e. The summed E-state index contributed by atoms with van der Waals surface area (Å²) in [5.41, 5.74) is 2.89. The fourth-order valence-electron chi connectivity index (χ4n) is 2.56. The summed E-state index contributed by atoms with van der Waals surface area (Å²) in [5.74, 6) is 3.02. The van der Waals surface area contributed by atoms with E-state index in [9.17, 15) is 4.79 Å². The molecule has 3 rings (SSSR count). The van der Waals surface area contributed by atoms with Gasteiger partial charge in [0.05, 0.1) is 10.6 Å². The molecule has 0 saturated carbocycles. The minimum Gasteiger partial charge on any atom is -0.480 e. The van der Waals surface area contributed by atoms with E-state index in [1.165, 1.54) is 17.3 Å². The van der Waals surface area contributed by atoms with Crippen molar-refractivity contribution in [3.05, 3.63) is 64.6 Å². The van der Waals surface area contributed by atoms with Gasteiger partial charge in [0.25, 0.3) is 5.91 Å². The van der Waals surface area contributed by atoms with Crippen LogP contribution in [-0.2, 0) is 11.2 Å². The second-order valence-corrected chi connectivity index (χ2v) is 6.93. The number of carbonyl (C=O) groups excluding carboxylic acids is 1. The van der Waals surface area contributed by atoms with Gasteiger partial charge in [-0.2, -0.15) is 0 Å². The molecule has 1 aliphatic heterocycles. The molecule has 5 heteroatoms. The normalized spacial score (nSPS) is 16.8. The second-order valence-electron chi connectivity index (χ2n) is 5.92. The second kappa shape index (κ2) is 8.61. The van der Waals surface area contributed by atoms with Gasteiger partial charge in [0.15, 0.2) is 5.17 Å². The van der Waals surface area contributed by atoms with E-state index in [0.29, 0.717) is 15.8 Å². The van der Waals surface area contributed by atoms with Gasteiger partial charge in [-0.1, -0.05) is 43.2 Å². The zero-order valence-corrected chi connectivity index (χ0v) is 16.1. The van der Waals surface area contributed by atoms with Crippen LogP contribution < -0.4 is 4.74 Å². The Morgan fingerprint density at radius 2 is 1.96 bits per heavy atom. The highest BCUT2D eigenvalue weighted by Crippen LogP contribution is 2.34. The topological polar surface area (TPSA) is 41.9 Å². The van der Waals surface area contributed by atoms with E-state index >= 15 is 0 Å². The van der Waals surface area contributed by atoms with E-state index in [1.54, 1.807) is 11.9 Å². The van der Waals surface area contributed by atoms with Crippen molar-refractivity contribution in [2.75, 3.05) is 13.7 Å². The van der Waals surface area contributed by atoms with Crippen LogP contribution in [0.5, 0.6) is 5.75 Å². The number of thioether (sulfide) groups is 1. The third kappa shape index (κ3) is 4.42. The maximum atomic E-state index is 12.6. The molecule has 1 heterocycles. The Morgan fingerprint density at radius 1 is 1.22 bits per heavy atom. The number of terminal acetylenes is 1. The van der Waals surface area contributed by atoms with E-state index in [0.717, 1.165) is 17.7 Å². The Kier molecular flexibility index (Phi) is 6.00. The largest absolute Gasteiger partial charge is 0.480 e. The molecule has 1 fully saturated rings. The zero-order chi connectivity index (χ0) is 19.2. The lowest BCUT2D eigenvalue weighted by molar-refractivity contribution is -0.121. The van der Waals surface area contributed by atoms with Crippen LogP contribution in [0.2, 0.25) is 0 Å². The van der Waals surface area contributed by atoms with Gasteiger partial charge in [0.1, 0.15) is 12.4 Å². The number of amides is 1. The van der Waals surface area contributed by atoms with Crippen LogP contribution in [0.4, 0.5) is 5.69 Å². The van der Waals surface area contributed by atoms with Gasteiger partial charge in [-0.05, 0) is 48.0 Å². The Bertz CT molecular complexity index is 940. The number of hydrogen-bond acceptors (Lipinski definition) is 4. The summed E-state index contributed by atoms with van der Waals surface area (Å²) >= 11 is 1.35. The summed E-state index contributed by atoms with van der Waals surface area (Å²) < 4.78 is 5.56. The molecule has 136 valence electrons. The van der Waals surface area contributed by atoms with Crippen LogP contribution in [0.15, 0.2) is 58.4 Å². The minimum atomic E-state index is -0.0873. The molecular weight excluding hydrogens is 356 g/mol. The van der Waals surface area contributed by atoms with Crippen LogP contribution in [-0.4, -0.2) is 29.6 Å². The lowest BCUT2D eigenvalue weighted by Crippen LogP contribution is -2.23. The maximum Gasteiger partial charge on any atom is 0.266 e. The number of likely N-dealkylation sites (N-methyl/N-ethyl adjacent to an activating group) is 1. The Hall–Kier alpha value is -2.97. The van der Waals surface area contributed by atoms with Gasteiger partial charge in [0.2, 0.25) is 0 Å². The van der Waals surface area contributed by atoms with Crippen molar-refractivity contribution in [1.82, 2.24) is 4.90 Å². The number of aliphatic imine (C=N–C) groups is 1. The van der Waals surface area contributed by atoms with Crippen LogP contribution >= 0.6 is 11.8 Å². The molecule has 0 aliphatic carbocycles. The van der Waals surface area contributed by atoms with E-state index in [4.69, 9.17) is 11.2 Å². The summed E-state index contributed by atoms with van der Waals surface area (Å²) in [5, 5.41) is 0.650. The third-order valence-electron chi connectivity index (χ3n) is 4.09. The van der Waals surface area contributed by atoms with Gasteiger partial charge >= 0.3 is 0 Å². The van der Waals surface area contributed by atoms with Crippen LogP contribution in [0.25, 0.3) is 6.08 Å². The van der Waals surface area contributed by atoms with Gasteiger partial charge < -0.3 is 4.74 Å². The highest BCUT2D eigenvalue weighted by molar-refractivity contribution is 8.18. The van der Waals surface area contributed by atoms with E-state index < -0.39 is 0 Å². The van der Waals surface area contributed by atoms with Crippen LogP contribution in [0.1, 0.15) is 18.1 Å². The number of rotatable bonds is 5. The molecule has 2 aromatic rings. The van der Waals surface area contributed by atoms with Crippen molar-refractivity contribution in [2.45, 2.75) is 13.3 Å². The fourth-order valence-corrected chi connectivity index (χ4v) is 3.54.